The van der Waals surface area contributed by atoms with E-state index in [1.807, 2.05) is 19.4 Å². The van der Waals surface area contributed by atoms with Crippen molar-refractivity contribution in [3.05, 3.63) is 18.0 Å². The van der Waals surface area contributed by atoms with Crippen LogP contribution in [0, 0.1) is 0 Å². The molecule has 5 heteroatoms. The molecule has 18 heavy (non-hydrogen) atoms. The van der Waals surface area contributed by atoms with E-state index >= 15 is 0 Å². The summed E-state index contributed by atoms with van der Waals surface area (Å²) >= 11 is 0. The third-order valence-electron chi connectivity index (χ3n) is 3.32. The Kier molecular flexibility index (Phi) is 4.75. The van der Waals surface area contributed by atoms with Crippen LogP contribution in [0.2, 0.25) is 0 Å². The fraction of sp³-hybridized carbons (Fsp3) is 0.692. The maximum absolute atomic E-state index is 11.6. The lowest BCUT2D eigenvalue weighted by Crippen LogP contribution is -2.32. The molecule has 0 bridgehead atoms. The fourth-order valence-corrected chi connectivity index (χ4v) is 2.35. The molecule has 0 saturated carbocycles. The highest BCUT2D eigenvalue weighted by Gasteiger charge is 2.16. The van der Waals surface area contributed by atoms with E-state index in [1.165, 1.54) is 12.0 Å². The van der Waals surface area contributed by atoms with Gasteiger partial charge in [0, 0.05) is 32.3 Å². The summed E-state index contributed by atoms with van der Waals surface area (Å²) in [5, 5.41) is 10.4. The molecular formula is C13H22N4O. The molecule has 1 aromatic heterocycles. The van der Waals surface area contributed by atoms with Crippen LogP contribution in [0.4, 0.5) is 0 Å². The number of aryl methyl sites for hydroxylation is 2. The van der Waals surface area contributed by atoms with E-state index < -0.39 is 0 Å². The van der Waals surface area contributed by atoms with Crippen molar-refractivity contribution in [3.8, 4) is 0 Å². The van der Waals surface area contributed by atoms with E-state index in [0.29, 0.717) is 12.5 Å². The smallest absolute Gasteiger partial charge is 0.221 e. The molecule has 1 fully saturated rings. The number of aromatic nitrogens is 2. The minimum atomic E-state index is 0.167. The molecule has 2 N–H and O–H groups in total. The highest BCUT2D eigenvalue weighted by atomic mass is 16.1. The molecule has 1 amide bonds. The lowest BCUT2D eigenvalue weighted by Gasteiger charge is -2.10. The number of hydrogen-bond donors (Lipinski definition) is 2. The van der Waals surface area contributed by atoms with E-state index in [0.717, 1.165) is 32.4 Å². The predicted octanol–water partition coefficient (Wildman–Crippen LogP) is 0.611. The van der Waals surface area contributed by atoms with Gasteiger partial charge in [0.15, 0.2) is 0 Å². The van der Waals surface area contributed by atoms with Crippen molar-refractivity contribution in [3.63, 3.8) is 0 Å². The summed E-state index contributed by atoms with van der Waals surface area (Å²) < 4.78 is 1.81. The second kappa shape index (κ2) is 6.54. The van der Waals surface area contributed by atoms with Crippen LogP contribution in [-0.4, -0.2) is 34.8 Å². The Hall–Kier alpha value is -1.36. The molecule has 0 aromatic carbocycles. The van der Waals surface area contributed by atoms with Gasteiger partial charge in [0.1, 0.15) is 0 Å². The van der Waals surface area contributed by atoms with Gasteiger partial charge < -0.3 is 10.6 Å². The van der Waals surface area contributed by atoms with Crippen molar-refractivity contribution in [1.82, 2.24) is 20.4 Å². The largest absolute Gasteiger partial charge is 0.356 e. The van der Waals surface area contributed by atoms with Crippen LogP contribution in [0.25, 0.3) is 0 Å². The van der Waals surface area contributed by atoms with Gasteiger partial charge in [-0.3, -0.25) is 9.48 Å². The third-order valence-corrected chi connectivity index (χ3v) is 3.32. The highest BCUT2D eigenvalue weighted by Crippen LogP contribution is 2.08. The van der Waals surface area contributed by atoms with E-state index in [4.69, 9.17) is 0 Å². The number of amides is 1. The van der Waals surface area contributed by atoms with Gasteiger partial charge in [-0.15, -0.1) is 0 Å². The van der Waals surface area contributed by atoms with E-state index in [-0.39, 0.29) is 5.91 Å². The maximum atomic E-state index is 11.6. The van der Waals surface area contributed by atoms with Crippen molar-refractivity contribution in [2.45, 2.75) is 38.1 Å². The molecule has 1 saturated heterocycles. The summed E-state index contributed by atoms with van der Waals surface area (Å²) in [6, 6.07) is 0.392. The van der Waals surface area contributed by atoms with Gasteiger partial charge in [0.2, 0.25) is 5.91 Å². The minimum absolute atomic E-state index is 0.167. The Morgan fingerprint density at radius 2 is 2.56 bits per heavy atom. The summed E-state index contributed by atoms with van der Waals surface area (Å²) in [5.41, 5.74) is 1.23. The van der Waals surface area contributed by atoms with Crippen molar-refractivity contribution < 1.29 is 4.79 Å². The molecule has 2 rings (SSSR count). The van der Waals surface area contributed by atoms with Crippen LogP contribution < -0.4 is 10.6 Å². The van der Waals surface area contributed by atoms with Crippen LogP contribution >= 0.6 is 0 Å². The Bertz CT molecular complexity index is 382. The van der Waals surface area contributed by atoms with E-state index in [2.05, 4.69) is 15.7 Å². The van der Waals surface area contributed by atoms with Crippen LogP contribution in [0.15, 0.2) is 12.4 Å². The summed E-state index contributed by atoms with van der Waals surface area (Å²) in [6.45, 7) is 1.80. The number of carbonyl (C=O) groups is 1. The lowest BCUT2D eigenvalue weighted by molar-refractivity contribution is -0.121. The van der Waals surface area contributed by atoms with Crippen molar-refractivity contribution in [2.24, 2.45) is 7.05 Å². The molecule has 5 nitrogen and oxygen atoms in total. The monoisotopic (exact) mass is 250 g/mol. The Morgan fingerprint density at radius 3 is 3.22 bits per heavy atom. The zero-order valence-corrected chi connectivity index (χ0v) is 11.0. The molecule has 0 radical (unpaired) electrons. The van der Waals surface area contributed by atoms with Gasteiger partial charge in [-0.05, 0) is 37.8 Å². The fourth-order valence-electron chi connectivity index (χ4n) is 2.35. The first-order valence-corrected chi connectivity index (χ1v) is 6.71. The topological polar surface area (TPSA) is 59.0 Å². The zero-order chi connectivity index (χ0) is 12.8. The third kappa shape index (κ3) is 4.14. The Labute approximate surface area is 108 Å². The van der Waals surface area contributed by atoms with Gasteiger partial charge in [-0.2, -0.15) is 5.10 Å². The number of nitrogens with zero attached hydrogens (tertiary/aromatic N) is 2. The van der Waals surface area contributed by atoms with Crippen LogP contribution in [0.5, 0.6) is 0 Å². The maximum Gasteiger partial charge on any atom is 0.221 e. The SMILES string of the molecule is Cn1cc(CCCNC(=O)CC2CCCN2)cn1. The summed E-state index contributed by atoms with van der Waals surface area (Å²) in [6.07, 6.45) is 8.77. The van der Waals surface area contributed by atoms with Crippen LogP contribution in [-0.2, 0) is 18.3 Å². The zero-order valence-electron chi connectivity index (χ0n) is 11.0. The van der Waals surface area contributed by atoms with Gasteiger partial charge >= 0.3 is 0 Å². The molecule has 1 aliphatic heterocycles. The number of hydrogen-bond acceptors (Lipinski definition) is 3. The van der Waals surface area contributed by atoms with Gasteiger partial charge in [-0.25, -0.2) is 0 Å². The normalized spacial score (nSPS) is 19.1. The first-order valence-electron chi connectivity index (χ1n) is 6.71. The molecule has 0 aliphatic carbocycles. The molecule has 1 aromatic rings. The van der Waals surface area contributed by atoms with Gasteiger partial charge in [0.25, 0.3) is 0 Å². The quantitative estimate of drug-likeness (QED) is 0.727. The standard InChI is InChI=1S/C13H22N4O/c1-17-10-11(9-16-17)4-2-7-15-13(18)8-12-5-3-6-14-12/h9-10,12,14H,2-8H2,1H3,(H,15,18). The van der Waals surface area contributed by atoms with Crippen molar-refractivity contribution in [2.75, 3.05) is 13.1 Å². The Morgan fingerprint density at radius 1 is 1.67 bits per heavy atom. The first kappa shape index (κ1) is 13.1. The molecule has 0 spiro atoms. The summed E-state index contributed by atoms with van der Waals surface area (Å²) in [4.78, 5) is 11.6. The number of rotatable bonds is 6. The molecule has 1 atom stereocenters. The lowest BCUT2D eigenvalue weighted by atomic mass is 10.1. The summed E-state index contributed by atoms with van der Waals surface area (Å²) in [7, 11) is 1.92. The molecule has 1 unspecified atom stereocenters. The molecular weight excluding hydrogens is 228 g/mol. The van der Waals surface area contributed by atoms with Crippen molar-refractivity contribution >= 4 is 5.91 Å². The molecule has 2 heterocycles. The van der Waals surface area contributed by atoms with Crippen LogP contribution in [0.3, 0.4) is 0 Å². The van der Waals surface area contributed by atoms with Gasteiger partial charge in [0.05, 0.1) is 6.20 Å². The first-order chi connectivity index (χ1) is 8.74. The molecule has 1 aliphatic rings. The van der Waals surface area contributed by atoms with Gasteiger partial charge in [-0.1, -0.05) is 0 Å². The average Bonchev–Trinajstić information content (AvgIpc) is 2.96. The second-order valence-corrected chi connectivity index (χ2v) is 4.97. The number of nitrogens with one attached hydrogen (secondary N) is 2. The van der Waals surface area contributed by atoms with E-state index in [1.54, 1.807) is 4.68 Å². The van der Waals surface area contributed by atoms with Crippen LogP contribution in [0.1, 0.15) is 31.2 Å². The van der Waals surface area contributed by atoms with E-state index in [9.17, 15) is 4.79 Å². The highest BCUT2D eigenvalue weighted by molar-refractivity contribution is 5.76. The number of carbonyl (C=O) groups excluding carboxylic acids is 1. The molecule has 100 valence electrons. The minimum Gasteiger partial charge on any atom is -0.356 e. The average molecular weight is 250 g/mol. The summed E-state index contributed by atoms with van der Waals surface area (Å²) in [5.74, 6) is 0.167. The Balaban J connectivity index is 1.56. The van der Waals surface area contributed by atoms with Crippen molar-refractivity contribution in [1.29, 1.82) is 0 Å². The second-order valence-electron chi connectivity index (χ2n) is 4.97. The predicted molar refractivity (Wildman–Crippen MR) is 70.2 cm³/mol.